The Morgan fingerprint density at radius 1 is 0.496 bits per heavy atom. The van der Waals surface area contributed by atoms with Crippen molar-refractivity contribution in [3.63, 3.8) is 0 Å². The van der Waals surface area contributed by atoms with Crippen LogP contribution in [0, 0.1) is 34.6 Å². The van der Waals surface area contributed by atoms with Gasteiger partial charge in [-0.15, -0.1) is 68.0 Å². The average molecular weight is 1680 g/mol. The Kier molecular flexibility index (Phi) is 21.6. The molecule has 22 rings (SSSR count). The van der Waals surface area contributed by atoms with Crippen LogP contribution in [0.5, 0.6) is 0 Å². The molecule has 1 aliphatic carbocycles. The van der Waals surface area contributed by atoms with Crippen LogP contribution in [0.4, 0.5) is 0 Å². The molecular formula is C90H80N22OS6. The normalized spacial score (nSPS) is 14.3. The molecule has 29 heteroatoms. The summed E-state index contributed by atoms with van der Waals surface area (Å²) in [5, 5.41) is 12.6. The maximum absolute atomic E-state index is 11.7. The van der Waals surface area contributed by atoms with E-state index in [4.69, 9.17) is 34.9 Å². The summed E-state index contributed by atoms with van der Waals surface area (Å²) in [5.74, 6) is 3.96. The first-order valence-corrected chi connectivity index (χ1v) is 44.6. The Morgan fingerprint density at radius 2 is 1.02 bits per heavy atom. The number of aromatic amines is 2. The Labute approximate surface area is 709 Å². The minimum Gasteiger partial charge on any atom is -0.344 e. The third-order valence-corrected chi connectivity index (χ3v) is 27.6. The number of H-pyrrole nitrogens is 2. The van der Waals surface area contributed by atoms with Gasteiger partial charge in [-0.2, -0.15) is 5.10 Å². The lowest BCUT2D eigenvalue weighted by molar-refractivity contribution is -0.130. The van der Waals surface area contributed by atoms with E-state index in [1.807, 2.05) is 139 Å². The minimum atomic E-state index is 0.154. The number of aryl methyl sites for hydroxylation is 5. The summed E-state index contributed by atoms with van der Waals surface area (Å²) in [5.41, 5.74) is 21.9. The molecule has 0 unspecified atom stereocenters. The van der Waals surface area contributed by atoms with Gasteiger partial charge < -0.3 is 14.9 Å². The number of benzene rings is 4. The van der Waals surface area contributed by atoms with Gasteiger partial charge in [0, 0.05) is 129 Å². The molecule has 23 nitrogen and oxygen atoms in total. The van der Waals surface area contributed by atoms with Crippen LogP contribution >= 0.6 is 68.0 Å². The van der Waals surface area contributed by atoms with Gasteiger partial charge in [0.2, 0.25) is 5.91 Å². The van der Waals surface area contributed by atoms with Crippen LogP contribution in [0.25, 0.3) is 130 Å². The first kappa shape index (κ1) is 76.6. The third-order valence-electron chi connectivity index (χ3n) is 21.5. The van der Waals surface area contributed by atoms with Gasteiger partial charge in [0.1, 0.15) is 64.8 Å². The fraction of sp³-hybridized carbons (Fsp3) is 0.211. The van der Waals surface area contributed by atoms with Gasteiger partial charge in [-0.3, -0.25) is 32.9 Å². The number of nitrogens with zero attached hydrogens (tertiary/aromatic N) is 20. The average Bonchev–Trinajstić information content (AvgIpc) is 1.62. The zero-order valence-corrected chi connectivity index (χ0v) is 71.0. The van der Waals surface area contributed by atoms with E-state index < -0.39 is 0 Å². The van der Waals surface area contributed by atoms with Crippen molar-refractivity contribution in [1.82, 2.24) is 87.4 Å². The van der Waals surface area contributed by atoms with Crippen LogP contribution in [0.15, 0.2) is 220 Å². The number of imidazole rings is 5. The molecule has 0 spiro atoms. The first-order valence-electron chi connectivity index (χ1n) is 39.6. The molecule has 18 aromatic rings. The maximum atomic E-state index is 11.7. The van der Waals surface area contributed by atoms with E-state index in [0.717, 1.165) is 207 Å². The summed E-state index contributed by atoms with van der Waals surface area (Å²) < 4.78 is 8.52. The quantitative estimate of drug-likeness (QED) is 0.0972. The number of amides is 1. The van der Waals surface area contributed by atoms with Gasteiger partial charge in [0.05, 0.1) is 78.0 Å². The molecule has 1 saturated heterocycles. The molecule has 119 heavy (non-hydrogen) atoms. The number of rotatable bonds is 15. The van der Waals surface area contributed by atoms with Crippen molar-refractivity contribution in [1.29, 1.82) is 0 Å². The second-order valence-electron chi connectivity index (χ2n) is 29.4. The van der Waals surface area contributed by atoms with E-state index in [2.05, 4.69) is 168 Å². The summed E-state index contributed by atoms with van der Waals surface area (Å²) >= 11 is 9.96. The van der Waals surface area contributed by atoms with E-state index >= 15 is 0 Å². The zero-order chi connectivity index (χ0) is 80.6. The maximum Gasteiger partial charge on any atom is 0.219 e. The molecule has 4 aromatic carbocycles. The van der Waals surface area contributed by atoms with E-state index in [0.29, 0.717) is 19.0 Å². The fourth-order valence-corrected chi connectivity index (χ4v) is 22.2. The molecule has 14 aromatic heterocycles. The molecule has 17 heterocycles. The van der Waals surface area contributed by atoms with Crippen LogP contribution in [-0.4, -0.2) is 157 Å². The molecule has 4 aliphatic rings. The number of carbonyl (C=O) groups is 1. The highest BCUT2D eigenvalue weighted by atomic mass is 32.1. The number of hydrogen-bond donors (Lipinski definition) is 2. The Hall–Kier alpha value is -12.4. The number of pyridine rings is 2. The SMILES string of the molecule is CC(=O)N1CCN(Cc2ccc3nc(C)c(-c4nc(-c5ccccc5)c(C5=NCC=N5)s4)n3c2)CC1.Cc1nc2ccc(C3CCCCC3)cn2c1-c1nc(-c2ccccc2)c(C2=NCC=N2)s1.Cc1nc2scc(C)n2c1-c1nc(-c2ccccc2)c(-c2ncc[nH]2)s1.Cc1nn2ccsc2c1-c1nc(-c2ncc[nH]2)c(-c2ccccc2)s1. The second-order valence-corrected chi connectivity index (χ2v) is 35.1. The van der Waals surface area contributed by atoms with Gasteiger partial charge in [-0.25, -0.2) is 59.4 Å². The van der Waals surface area contributed by atoms with Gasteiger partial charge in [-0.05, 0) is 82.2 Å². The van der Waals surface area contributed by atoms with Crippen LogP contribution < -0.4 is 0 Å². The van der Waals surface area contributed by atoms with Crippen molar-refractivity contribution in [3.05, 3.63) is 249 Å². The van der Waals surface area contributed by atoms with Crippen LogP contribution in [0.1, 0.15) is 94.3 Å². The molecule has 2 N–H and O–H groups in total. The van der Waals surface area contributed by atoms with Crippen molar-refractivity contribution in [2.24, 2.45) is 20.0 Å². The smallest absolute Gasteiger partial charge is 0.219 e. The fourth-order valence-electron chi connectivity index (χ4n) is 15.8. The largest absolute Gasteiger partial charge is 0.344 e. The lowest BCUT2D eigenvalue weighted by atomic mass is 9.85. The molecule has 3 aliphatic heterocycles. The van der Waals surface area contributed by atoms with Crippen molar-refractivity contribution < 1.29 is 4.79 Å². The second kappa shape index (κ2) is 33.6. The summed E-state index contributed by atoms with van der Waals surface area (Å²) in [4.78, 5) is 90.3. The lowest BCUT2D eigenvalue weighted by Gasteiger charge is -2.34. The molecule has 0 bridgehead atoms. The van der Waals surface area contributed by atoms with Gasteiger partial charge in [-0.1, -0.05) is 153 Å². The number of fused-ring (bicyclic) bond motifs is 4. The van der Waals surface area contributed by atoms with Crippen molar-refractivity contribution in [2.45, 2.75) is 86.1 Å². The molecule has 1 amide bonds. The lowest BCUT2D eigenvalue weighted by Crippen LogP contribution is -2.47. The topological polar surface area (TPSA) is 251 Å². The highest BCUT2D eigenvalue weighted by Gasteiger charge is 2.30. The molecule has 0 radical (unpaired) electrons. The predicted molar refractivity (Wildman–Crippen MR) is 485 cm³/mol. The molecule has 592 valence electrons. The number of carbonyl (C=O) groups excluding carboxylic acids is 1. The number of thiazole rings is 6. The molecule has 2 fully saturated rings. The molecule has 1 saturated carbocycles. The van der Waals surface area contributed by atoms with E-state index in [1.54, 1.807) is 87.3 Å². The van der Waals surface area contributed by atoms with E-state index in [9.17, 15) is 4.79 Å². The summed E-state index contributed by atoms with van der Waals surface area (Å²) in [6.07, 6.45) is 23.9. The Morgan fingerprint density at radius 3 is 1.58 bits per heavy atom. The van der Waals surface area contributed by atoms with Gasteiger partial charge in [0.25, 0.3) is 0 Å². The molecule has 0 atom stereocenters. The number of aromatic nitrogens is 16. The summed E-state index contributed by atoms with van der Waals surface area (Å²) in [6.45, 7) is 17.3. The Bertz CT molecular complexity index is 6810. The van der Waals surface area contributed by atoms with Crippen LogP contribution in [0.3, 0.4) is 0 Å². The number of piperazine rings is 1. The number of aliphatic imine (C=N–C) groups is 4. The molecular weight excluding hydrogens is 1600 g/mol. The number of amidine groups is 2. The highest BCUT2D eigenvalue weighted by molar-refractivity contribution is 7.21. The number of nitrogens with one attached hydrogen (secondary N) is 2. The highest BCUT2D eigenvalue weighted by Crippen LogP contribution is 2.46. The van der Waals surface area contributed by atoms with E-state index in [1.165, 1.54) is 48.9 Å². The van der Waals surface area contributed by atoms with Crippen molar-refractivity contribution >= 4 is 119 Å². The first-order chi connectivity index (χ1) is 58.4. The van der Waals surface area contributed by atoms with Crippen molar-refractivity contribution in [3.8, 4) is 109 Å². The van der Waals surface area contributed by atoms with Crippen LogP contribution in [-0.2, 0) is 11.3 Å². The number of hydrogen-bond acceptors (Lipinski definition) is 22. The third kappa shape index (κ3) is 15.5. The minimum absolute atomic E-state index is 0.154. The van der Waals surface area contributed by atoms with Gasteiger partial charge >= 0.3 is 0 Å². The zero-order valence-electron chi connectivity index (χ0n) is 66.1. The standard InChI is InChI=1S/C27H27N7OS.C26H25N5S.C19H15N5S2.C18H13N5S2/c1-18-24(27-31-23(21-6-4-3-5-7-21)25(36-27)26-28-10-11-29-26)34-17-20(8-9-22(34)30-18)16-32-12-14-33(15-13-32)19(2)35;1-17-23(31-16-20(12-13-21(31)29-17)18-8-4-2-5-9-18)26-30-22(19-10-6-3-7-11-19)24(32-26)25-27-14-15-28-25;1-11-10-25-19-22-12(2)15(24(11)19)18-23-14(13-6-4-3-5-7-13)16(26-18)17-20-8-9-21-17;1-11-13(18-23(22-11)9-10-24-18)17-21-14(16-19-7-8-20-16)15(25-17)12-5-3-2-4-6-12/h3-10,17H,11-16H2,1-2H3;3,6-7,10-14,16,18H,2,4-5,8-9,15H2,1H3;3-10H,1-2H3,(H,20,21);2-10H,1H3,(H,19,20). The van der Waals surface area contributed by atoms with Crippen molar-refractivity contribution in [2.75, 3.05) is 39.3 Å². The summed E-state index contributed by atoms with van der Waals surface area (Å²) in [6, 6.07) is 49.8. The Balaban J connectivity index is 0.000000106. The van der Waals surface area contributed by atoms with Gasteiger partial charge in [0.15, 0.2) is 22.5 Å². The van der Waals surface area contributed by atoms with Crippen LogP contribution in [0.2, 0.25) is 0 Å². The predicted octanol–water partition coefficient (Wildman–Crippen LogP) is 20.3. The monoisotopic (exact) mass is 1680 g/mol. The van der Waals surface area contributed by atoms with E-state index in [-0.39, 0.29) is 5.91 Å². The summed E-state index contributed by atoms with van der Waals surface area (Å²) in [7, 11) is 0.